The van der Waals surface area contributed by atoms with Gasteiger partial charge in [-0.1, -0.05) is 40.5 Å². The Labute approximate surface area is 164 Å². The Hall–Kier alpha value is -0.632. The summed E-state index contributed by atoms with van der Waals surface area (Å²) in [5.41, 5.74) is 0. The van der Waals surface area contributed by atoms with E-state index in [0.29, 0.717) is 0 Å². The fourth-order valence-corrected chi connectivity index (χ4v) is 3.58. The molecule has 2 aromatic rings. The van der Waals surface area contributed by atoms with E-state index in [0.717, 1.165) is 12.4 Å². The molecule has 0 saturated carbocycles. The van der Waals surface area contributed by atoms with Crippen LogP contribution in [0, 0.1) is 7.14 Å². The monoisotopic (exact) mass is 608 g/mol. The summed E-state index contributed by atoms with van der Waals surface area (Å²) in [6.45, 7) is 2.73. The summed E-state index contributed by atoms with van der Waals surface area (Å²) in [5, 5.41) is 0. The zero-order valence-corrected chi connectivity index (χ0v) is 16.6. The van der Waals surface area contributed by atoms with Gasteiger partial charge in [0.25, 0.3) is 0 Å². The zero-order chi connectivity index (χ0) is 17.6. The van der Waals surface area contributed by atoms with Crippen molar-refractivity contribution < 1.29 is 42.8 Å². The Morgan fingerprint density at radius 1 is 0.731 bits per heavy atom. The van der Waals surface area contributed by atoms with Crippen LogP contribution in [0.25, 0.3) is 0 Å². The van der Waals surface area contributed by atoms with Gasteiger partial charge in [0.15, 0.2) is 7.14 Å². The maximum absolute atomic E-state index is 11.2. The van der Waals surface area contributed by atoms with Gasteiger partial charge in [0.2, 0.25) is 0 Å². The fourth-order valence-electron chi connectivity index (χ4n) is 1.36. The van der Waals surface area contributed by atoms with E-state index >= 15 is 0 Å². The molecule has 0 spiro atoms. The molecule has 0 aromatic heterocycles. The van der Waals surface area contributed by atoms with Crippen LogP contribution < -0.4 is 25.9 Å². The van der Waals surface area contributed by atoms with E-state index in [4.69, 9.17) is 4.74 Å². The third kappa shape index (κ3) is 19.7. The molecule has 0 heterocycles. The van der Waals surface area contributed by atoms with E-state index in [1.807, 2.05) is 6.92 Å². The number of ether oxygens (including phenoxy) is 1. The van der Waals surface area contributed by atoms with Crippen LogP contribution in [0.1, 0.15) is 29.2 Å². The molecule has 0 unspecified atom stereocenters. The van der Waals surface area contributed by atoms with Crippen LogP contribution in [0.4, 0.5) is 16.9 Å². The SMILES string of the molecule is C.C.C.CCOc1ccc([I+]c2ccccc2)cc1.[F][Sb-]([F])([F])([F])([F])[F]. The van der Waals surface area contributed by atoms with Gasteiger partial charge in [-0.15, -0.1) is 0 Å². The van der Waals surface area contributed by atoms with Crippen molar-refractivity contribution >= 4 is 19.5 Å². The summed E-state index contributed by atoms with van der Waals surface area (Å²) in [4.78, 5) is 0. The molecule has 154 valence electrons. The van der Waals surface area contributed by atoms with Crippen molar-refractivity contribution in [1.29, 1.82) is 0 Å². The van der Waals surface area contributed by atoms with Gasteiger partial charge >= 0.3 is 57.6 Å². The van der Waals surface area contributed by atoms with Gasteiger partial charge in [-0.2, -0.15) is 0 Å². The van der Waals surface area contributed by atoms with Crippen LogP contribution in [0.2, 0.25) is 0 Å². The first-order valence-electron chi connectivity index (χ1n) is 6.32. The van der Waals surface area contributed by atoms with Gasteiger partial charge in [0.1, 0.15) is 5.75 Å². The van der Waals surface area contributed by atoms with Crippen LogP contribution in [-0.2, 0) is 0 Å². The average Bonchev–Trinajstić information content (AvgIpc) is 2.39. The van der Waals surface area contributed by atoms with Crippen LogP contribution in [0.15, 0.2) is 54.6 Å². The standard InChI is InChI=1S/C14H14IO.3CH4.6FH.Sb/c1-2-16-14-10-8-13(9-11-14)15-12-6-4-3-5-7-12;;;;;;;;;;/h3-11H,2H2,1H3;3*1H4;6*1H;/q+1;;;;;;;;;;+5/p-6. The molecular weight excluding hydrogens is 583 g/mol. The molecule has 1 nitrogen and oxygen atoms in total. The van der Waals surface area contributed by atoms with E-state index in [-0.39, 0.29) is 43.5 Å². The third-order valence-electron chi connectivity index (χ3n) is 2.08. The van der Waals surface area contributed by atoms with Crippen LogP contribution in [0.3, 0.4) is 0 Å². The molecule has 9 heteroatoms. The van der Waals surface area contributed by atoms with E-state index in [9.17, 15) is 16.9 Å². The second-order valence-corrected chi connectivity index (χ2v) is 12.7. The van der Waals surface area contributed by atoms with E-state index in [2.05, 4.69) is 54.6 Å². The Bertz CT molecular complexity index is 603. The third-order valence-corrected chi connectivity index (χ3v) is 4.76. The molecule has 0 aliphatic rings. The van der Waals surface area contributed by atoms with Crippen molar-refractivity contribution in [3.63, 3.8) is 0 Å². The van der Waals surface area contributed by atoms with Gasteiger partial charge in [0.05, 0.1) is 6.61 Å². The maximum atomic E-state index is 9.93. The van der Waals surface area contributed by atoms with Gasteiger partial charge in [-0.05, 0) is 43.3 Å². The normalized spacial score (nSPS) is 12.4. The van der Waals surface area contributed by atoms with Crippen molar-refractivity contribution in [1.82, 2.24) is 0 Å². The second kappa shape index (κ2) is 10.6. The van der Waals surface area contributed by atoms with Gasteiger partial charge in [-0.25, -0.2) is 0 Å². The van der Waals surface area contributed by atoms with E-state index in [1.54, 1.807) is 0 Å². The summed E-state index contributed by atoms with van der Waals surface area (Å²) >= 11 is -11.3. The molecule has 2 aromatic carbocycles. The molecule has 2 rings (SSSR count). The van der Waals surface area contributed by atoms with Crippen molar-refractivity contribution in [2.75, 3.05) is 6.61 Å². The van der Waals surface area contributed by atoms with E-state index < -0.39 is 19.5 Å². The molecule has 0 amide bonds. The number of hydrogen-bond acceptors (Lipinski definition) is 1. The summed E-state index contributed by atoms with van der Waals surface area (Å²) in [7, 11) is 0. The predicted molar refractivity (Wildman–Crippen MR) is 94.0 cm³/mol. The molecule has 0 radical (unpaired) electrons. The zero-order valence-electron chi connectivity index (χ0n) is 11.9. The number of hydrogen-bond donors (Lipinski definition) is 0. The minimum absolute atomic E-state index is 0. The molecule has 0 atom stereocenters. The Morgan fingerprint density at radius 2 is 1.12 bits per heavy atom. The van der Waals surface area contributed by atoms with Crippen LogP contribution >= 0.6 is 0 Å². The molecular formula is C17H26F6IOSb. The number of benzene rings is 2. The number of rotatable bonds is 4. The van der Waals surface area contributed by atoms with Gasteiger partial charge in [-0.3, -0.25) is 0 Å². The molecule has 0 saturated heterocycles. The van der Waals surface area contributed by atoms with Gasteiger partial charge < -0.3 is 4.74 Å². The Kier molecular flexibility index (Phi) is 12.3. The summed E-state index contributed by atoms with van der Waals surface area (Å²) in [5.74, 6) is 0.961. The predicted octanol–water partition coefficient (Wildman–Crippen LogP) is 4.26. The summed E-state index contributed by atoms with van der Waals surface area (Å²) in [6.07, 6.45) is 0. The Morgan fingerprint density at radius 3 is 1.50 bits per heavy atom. The topological polar surface area (TPSA) is 9.23 Å². The molecule has 0 N–H and O–H groups in total. The summed E-state index contributed by atoms with van der Waals surface area (Å²) < 4.78 is 67.8. The first kappa shape index (κ1) is 30.1. The number of halogens is 7. The quantitative estimate of drug-likeness (QED) is 0.286. The first-order chi connectivity index (χ1) is 10.3. The van der Waals surface area contributed by atoms with E-state index in [1.165, 1.54) is 7.14 Å². The van der Waals surface area contributed by atoms with Crippen molar-refractivity contribution in [2.24, 2.45) is 0 Å². The summed E-state index contributed by atoms with van der Waals surface area (Å²) in [6, 6.07) is 19.1. The first-order valence-corrected chi connectivity index (χ1v) is 14.3. The van der Waals surface area contributed by atoms with Crippen molar-refractivity contribution in [3.8, 4) is 5.75 Å². The average molecular weight is 609 g/mol. The van der Waals surface area contributed by atoms with Crippen molar-refractivity contribution in [2.45, 2.75) is 29.2 Å². The van der Waals surface area contributed by atoms with Crippen LogP contribution in [0.5, 0.6) is 5.75 Å². The Balaban J connectivity index is -0.000000464. The van der Waals surface area contributed by atoms with Gasteiger partial charge in [0, 0.05) is 0 Å². The second-order valence-electron chi connectivity index (χ2n) is 4.24. The van der Waals surface area contributed by atoms with Crippen LogP contribution in [-0.4, -0.2) is 26.1 Å². The molecule has 26 heavy (non-hydrogen) atoms. The fraction of sp³-hybridized carbons (Fsp3) is 0.294. The molecule has 0 aliphatic heterocycles. The molecule has 0 aliphatic carbocycles. The van der Waals surface area contributed by atoms with Crippen molar-refractivity contribution in [3.05, 3.63) is 61.7 Å². The minimum atomic E-state index is -11.2. The molecule has 0 fully saturated rings. The molecule has 0 bridgehead atoms.